The largest absolute Gasteiger partial charge is 0.495 e. The first kappa shape index (κ1) is 30.8. The van der Waals surface area contributed by atoms with Crippen LogP contribution >= 0.6 is 11.6 Å². The number of nitrogens with zero attached hydrogens (tertiary/aromatic N) is 2. The second-order valence-corrected chi connectivity index (χ2v) is 12.6. The molecule has 3 rings (SSSR count). The predicted octanol–water partition coefficient (Wildman–Crippen LogP) is 5.07. The van der Waals surface area contributed by atoms with Gasteiger partial charge in [-0.3, -0.25) is 13.9 Å². The number of ether oxygens (including phenoxy) is 1. The van der Waals surface area contributed by atoms with Crippen LogP contribution in [-0.2, 0) is 26.2 Å². The molecule has 0 bridgehead atoms. The van der Waals surface area contributed by atoms with Gasteiger partial charge in [0.05, 0.1) is 24.1 Å². The van der Waals surface area contributed by atoms with E-state index in [1.54, 1.807) is 24.0 Å². The van der Waals surface area contributed by atoms with Crippen LogP contribution in [0.4, 0.5) is 5.69 Å². The fourth-order valence-electron chi connectivity index (χ4n) is 4.97. The Labute approximate surface area is 237 Å². The van der Waals surface area contributed by atoms with Gasteiger partial charge in [0, 0.05) is 25.6 Å². The molecule has 2 amide bonds. The lowest BCUT2D eigenvalue weighted by Gasteiger charge is -2.31. The Morgan fingerprint density at radius 1 is 1.13 bits per heavy atom. The first-order valence-corrected chi connectivity index (χ1v) is 15.7. The third-order valence-electron chi connectivity index (χ3n) is 7.13. The summed E-state index contributed by atoms with van der Waals surface area (Å²) in [6, 6.07) is 12.1. The minimum atomic E-state index is -3.63. The van der Waals surface area contributed by atoms with E-state index in [1.165, 1.54) is 23.9 Å². The zero-order valence-corrected chi connectivity index (χ0v) is 24.9. The number of amides is 2. The van der Waals surface area contributed by atoms with Gasteiger partial charge >= 0.3 is 0 Å². The molecule has 10 heteroatoms. The van der Waals surface area contributed by atoms with Crippen LogP contribution < -0.4 is 14.4 Å². The summed E-state index contributed by atoms with van der Waals surface area (Å²) in [6.07, 6.45) is 6.78. The van der Waals surface area contributed by atoms with Crippen molar-refractivity contribution >= 4 is 39.1 Å². The van der Waals surface area contributed by atoms with Gasteiger partial charge in [-0.1, -0.05) is 60.7 Å². The summed E-state index contributed by atoms with van der Waals surface area (Å²) in [5.41, 5.74) is 2.40. The van der Waals surface area contributed by atoms with E-state index in [0.29, 0.717) is 23.0 Å². The fraction of sp³-hybridized carbons (Fsp3) is 0.517. The number of hydrogen-bond donors (Lipinski definition) is 1. The summed E-state index contributed by atoms with van der Waals surface area (Å²) in [7, 11) is -2.14. The van der Waals surface area contributed by atoms with E-state index in [0.717, 1.165) is 43.1 Å². The molecular weight excluding hydrogens is 538 g/mol. The highest BCUT2D eigenvalue weighted by molar-refractivity contribution is 7.92. The maximum atomic E-state index is 13.5. The van der Waals surface area contributed by atoms with Crippen LogP contribution in [-0.4, -0.2) is 57.1 Å². The summed E-state index contributed by atoms with van der Waals surface area (Å²) in [5, 5.41) is 3.43. The van der Waals surface area contributed by atoms with Gasteiger partial charge in [-0.25, -0.2) is 8.42 Å². The molecule has 2 aromatic carbocycles. The first-order chi connectivity index (χ1) is 18.5. The SMILES string of the molecule is COc1ccc(N(CCCC(=O)N(Cc2cccc(C)c2)C(C)C(=O)NC2CCCCC2)S(C)(=O)=O)cc1Cl. The number of methoxy groups -OCH3 is 1. The molecule has 1 saturated carbocycles. The Hall–Kier alpha value is -2.78. The van der Waals surface area contributed by atoms with Crippen molar-refractivity contribution in [2.24, 2.45) is 0 Å². The zero-order chi connectivity index (χ0) is 28.6. The summed E-state index contributed by atoms with van der Waals surface area (Å²) < 4.78 is 31.5. The third-order valence-corrected chi connectivity index (χ3v) is 8.62. The lowest BCUT2D eigenvalue weighted by Crippen LogP contribution is -2.50. The normalized spacial score (nSPS) is 14.9. The van der Waals surface area contributed by atoms with Crippen molar-refractivity contribution < 1.29 is 22.7 Å². The average molecular weight is 578 g/mol. The molecule has 1 N–H and O–H groups in total. The van der Waals surface area contributed by atoms with Crippen molar-refractivity contribution in [2.45, 2.75) is 77.4 Å². The number of anilines is 1. The second kappa shape index (κ2) is 14.0. The van der Waals surface area contributed by atoms with Crippen LogP contribution in [0.2, 0.25) is 5.02 Å². The van der Waals surface area contributed by atoms with Gasteiger partial charge in [0.1, 0.15) is 11.8 Å². The monoisotopic (exact) mass is 577 g/mol. The average Bonchev–Trinajstić information content (AvgIpc) is 2.89. The van der Waals surface area contributed by atoms with Gasteiger partial charge in [-0.2, -0.15) is 0 Å². The molecule has 0 heterocycles. The Morgan fingerprint density at radius 3 is 2.46 bits per heavy atom. The van der Waals surface area contributed by atoms with Crippen LogP contribution in [0, 0.1) is 6.92 Å². The Balaban J connectivity index is 1.73. The molecule has 8 nitrogen and oxygen atoms in total. The number of benzene rings is 2. The lowest BCUT2D eigenvalue weighted by atomic mass is 9.95. The van der Waals surface area contributed by atoms with Gasteiger partial charge < -0.3 is 15.0 Å². The highest BCUT2D eigenvalue weighted by Crippen LogP contribution is 2.30. The molecule has 1 fully saturated rings. The number of carbonyl (C=O) groups excluding carboxylic acids is 2. The molecular formula is C29H40ClN3O5S. The summed E-state index contributed by atoms with van der Waals surface area (Å²) in [4.78, 5) is 28.3. The lowest BCUT2D eigenvalue weighted by molar-refractivity contribution is -0.141. The number of halogens is 1. The van der Waals surface area contributed by atoms with E-state index >= 15 is 0 Å². The van der Waals surface area contributed by atoms with Crippen LogP contribution in [0.15, 0.2) is 42.5 Å². The predicted molar refractivity (Wildman–Crippen MR) is 156 cm³/mol. The summed E-state index contributed by atoms with van der Waals surface area (Å²) in [6.45, 7) is 4.13. The molecule has 0 saturated heterocycles. The minimum absolute atomic E-state index is 0.0861. The van der Waals surface area contributed by atoms with Gasteiger partial charge in [0.25, 0.3) is 0 Å². The molecule has 39 heavy (non-hydrogen) atoms. The van der Waals surface area contributed by atoms with E-state index in [-0.39, 0.29) is 37.2 Å². The van der Waals surface area contributed by atoms with Crippen LogP contribution in [0.25, 0.3) is 0 Å². The maximum absolute atomic E-state index is 13.5. The number of nitrogens with one attached hydrogen (secondary N) is 1. The smallest absolute Gasteiger partial charge is 0.242 e. The number of carbonyl (C=O) groups is 2. The minimum Gasteiger partial charge on any atom is -0.495 e. The van der Waals surface area contributed by atoms with Crippen molar-refractivity contribution in [3.8, 4) is 5.75 Å². The molecule has 2 aromatic rings. The Kier molecular flexibility index (Phi) is 11.1. The zero-order valence-electron chi connectivity index (χ0n) is 23.3. The second-order valence-electron chi connectivity index (χ2n) is 10.3. The van der Waals surface area contributed by atoms with Gasteiger partial charge in [0.2, 0.25) is 21.8 Å². The third kappa shape index (κ3) is 8.86. The number of aryl methyl sites for hydroxylation is 1. The van der Waals surface area contributed by atoms with E-state index in [2.05, 4.69) is 5.32 Å². The van der Waals surface area contributed by atoms with E-state index < -0.39 is 16.1 Å². The summed E-state index contributed by atoms with van der Waals surface area (Å²) >= 11 is 6.23. The molecule has 1 aliphatic rings. The Bertz CT molecular complexity index is 1250. The van der Waals surface area contributed by atoms with Crippen molar-refractivity contribution in [3.63, 3.8) is 0 Å². The van der Waals surface area contributed by atoms with Crippen molar-refractivity contribution in [3.05, 3.63) is 58.6 Å². The molecule has 0 aromatic heterocycles. The topological polar surface area (TPSA) is 96.0 Å². The van der Waals surface area contributed by atoms with E-state index in [4.69, 9.17) is 16.3 Å². The van der Waals surface area contributed by atoms with Crippen LogP contribution in [0.5, 0.6) is 5.75 Å². The van der Waals surface area contributed by atoms with Crippen LogP contribution in [0.3, 0.4) is 0 Å². The van der Waals surface area contributed by atoms with Crippen molar-refractivity contribution in [1.82, 2.24) is 10.2 Å². The maximum Gasteiger partial charge on any atom is 0.242 e. The molecule has 0 aliphatic heterocycles. The highest BCUT2D eigenvalue weighted by Gasteiger charge is 2.28. The van der Waals surface area contributed by atoms with Gasteiger partial charge in [-0.05, 0) is 56.9 Å². The molecule has 0 radical (unpaired) electrons. The molecule has 214 valence electrons. The molecule has 1 atom stereocenters. The van der Waals surface area contributed by atoms with E-state index in [9.17, 15) is 18.0 Å². The van der Waals surface area contributed by atoms with Crippen molar-refractivity contribution in [2.75, 3.05) is 24.2 Å². The summed E-state index contributed by atoms with van der Waals surface area (Å²) in [5.74, 6) is 0.0777. The van der Waals surface area contributed by atoms with Gasteiger partial charge in [0.15, 0.2) is 0 Å². The Morgan fingerprint density at radius 2 is 1.85 bits per heavy atom. The number of rotatable bonds is 12. The molecule has 1 unspecified atom stereocenters. The van der Waals surface area contributed by atoms with Gasteiger partial charge in [-0.15, -0.1) is 0 Å². The highest BCUT2D eigenvalue weighted by atomic mass is 35.5. The van der Waals surface area contributed by atoms with E-state index in [1.807, 2.05) is 31.2 Å². The van der Waals surface area contributed by atoms with Crippen LogP contribution in [0.1, 0.15) is 63.0 Å². The fourth-order valence-corrected chi connectivity index (χ4v) is 6.18. The number of sulfonamides is 1. The molecule has 1 aliphatic carbocycles. The standard InChI is InChI=1S/C29H40ClN3O5S/c1-21-10-8-11-23(18-21)20-32(22(2)29(35)31-24-12-6-5-7-13-24)28(34)14-9-17-33(39(4,36)37)25-15-16-27(38-3)26(30)19-25/h8,10-11,15-16,18-19,22,24H,5-7,9,12-14,17,20H2,1-4H3,(H,31,35). The number of hydrogen-bond acceptors (Lipinski definition) is 5. The van der Waals surface area contributed by atoms with Crippen molar-refractivity contribution in [1.29, 1.82) is 0 Å². The molecule has 0 spiro atoms. The quantitative estimate of drug-likeness (QED) is 0.380. The first-order valence-electron chi connectivity index (χ1n) is 13.5.